The first-order valence-electron chi connectivity index (χ1n) is 9.56. The molecule has 2 aliphatic rings. The number of nitriles is 1. The van der Waals surface area contributed by atoms with E-state index in [2.05, 4.69) is 42.9 Å². The third-order valence-electron chi connectivity index (χ3n) is 5.42. The number of nitrogens with zero attached hydrogens (tertiary/aromatic N) is 6. The third kappa shape index (κ3) is 3.94. The molecule has 2 N–H and O–H groups in total. The molecular weight excluding hydrogens is 372 g/mol. The Balaban J connectivity index is 1.41. The number of likely N-dealkylation sites (tertiary alicyclic amines) is 1. The Kier molecular flexibility index (Phi) is 5.19. The number of aromatic nitrogens is 3. The molecule has 4 heterocycles. The van der Waals surface area contributed by atoms with Gasteiger partial charge in [0.25, 0.3) is 0 Å². The molecule has 0 bridgehead atoms. The summed E-state index contributed by atoms with van der Waals surface area (Å²) in [5, 5.41) is 17.2. The van der Waals surface area contributed by atoms with Crippen molar-refractivity contribution in [1.29, 1.82) is 5.26 Å². The van der Waals surface area contributed by atoms with Crippen molar-refractivity contribution in [2.24, 2.45) is 5.92 Å². The maximum atomic E-state index is 9.31. The zero-order valence-corrected chi connectivity index (χ0v) is 17.4. The fourth-order valence-corrected chi connectivity index (χ4v) is 4.59. The van der Waals surface area contributed by atoms with Gasteiger partial charge in [0.05, 0.1) is 23.7 Å². The van der Waals surface area contributed by atoms with Gasteiger partial charge in [0, 0.05) is 44.5 Å². The molecule has 0 saturated carbocycles. The number of hydrogen-bond acceptors (Lipinski definition) is 9. The molecule has 148 valence electrons. The minimum Gasteiger partial charge on any atom is -0.352 e. The first-order valence-corrected chi connectivity index (χ1v) is 10.3. The van der Waals surface area contributed by atoms with Gasteiger partial charge < -0.3 is 20.4 Å². The van der Waals surface area contributed by atoms with Crippen LogP contribution in [0.4, 0.5) is 16.8 Å². The van der Waals surface area contributed by atoms with Crippen molar-refractivity contribution in [3.8, 4) is 6.07 Å². The van der Waals surface area contributed by atoms with E-state index in [-0.39, 0.29) is 5.54 Å². The van der Waals surface area contributed by atoms with Crippen molar-refractivity contribution >= 4 is 28.3 Å². The fourth-order valence-electron chi connectivity index (χ4n) is 3.94. The van der Waals surface area contributed by atoms with Gasteiger partial charge in [-0.05, 0) is 44.4 Å². The largest absolute Gasteiger partial charge is 0.352 e. The predicted octanol–water partition coefficient (Wildman–Crippen LogP) is 1.92. The van der Waals surface area contributed by atoms with Crippen LogP contribution in [0.2, 0.25) is 0 Å². The summed E-state index contributed by atoms with van der Waals surface area (Å²) in [5.41, 5.74) is 1.88. The second-order valence-electron chi connectivity index (χ2n) is 8.10. The van der Waals surface area contributed by atoms with E-state index in [4.69, 9.17) is 4.98 Å². The molecule has 9 heteroatoms. The lowest BCUT2D eigenvalue weighted by Crippen LogP contribution is -2.70. The summed E-state index contributed by atoms with van der Waals surface area (Å²) in [6.07, 6.45) is 2.36. The Morgan fingerprint density at radius 1 is 1.36 bits per heavy atom. The van der Waals surface area contributed by atoms with E-state index in [0.717, 1.165) is 54.8 Å². The van der Waals surface area contributed by atoms with Crippen LogP contribution in [0.3, 0.4) is 0 Å². The third-order valence-corrected chi connectivity index (χ3v) is 6.21. The highest BCUT2D eigenvalue weighted by Crippen LogP contribution is 2.32. The van der Waals surface area contributed by atoms with Gasteiger partial charge >= 0.3 is 0 Å². The first-order chi connectivity index (χ1) is 13.5. The molecule has 8 nitrogen and oxygen atoms in total. The lowest BCUT2D eigenvalue weighted by Gasteiger charge is -2.51. The molecule has 0 radical (unpaired) electrons. The average Bonchev–Trinajstić information content (AvgIpc) is 3.01. The monoisotopic (exact) mass is 398 g/mol. The summed E-state index contributed by atoms with van der Waals surface area (Å²) in [6.45, 7) is 8.82. The van der Waals surface area contributed by atoms with Crippen LogP contribution in [0, 0.1) is 31.1 Å². The molecule has 0 aromatic carbocycles. The predicted molar refractivity (Wildman–Crippen MR) is 111 cm³/mol. The minimum atomic E-state index is -0.136. The van der Waals surface area contributed by atoms with Crippen molar-refractivity contribution in [3.05, 3.63) is 23.5 Å². The van der Waals surface area contributed by atoms with Gasteiger partial charge in [0.2, 0.25) is 5.95 Å². The first kappa shape index (κ1) is 19.1. The molecule has 2 saturated heterocycles. The Bertz CT molecular complexity index is 876. The molecule has 0 spiro atoms. The summed E-state index contributed by atoms with van der Waals surface area (Å²) in [5.74, 6) is 2.19. The Labute approximate surface area is 169 Å². The smallest absolute Gasteiger partial charge is 0.229 e. The molecule has 2 fully saturated rings. The Hall–Kier alpha value is -2.28. The molecule has 28 heavy (non-hydrogen) atoms. The normalized spacial score (nSPS) is 19.0. The number of hydrogen-bond donors (Lipinski definition) is 2. The van der Waals surface area contributed by atoms with Crippen molar-refractivity contribution in [2.45, 2.75) is 25.8 Å². The highest BCUT2D eigenvalue weighted by atomic mass is 32.1. The van der Waals surface area contributed by atoms with Crippen LogP contribution in [0.15, 0.2) is 12.3 Å². The summed E-state index contributed by atoms with van der Waals surface area (Å²) < 4.78 is 4.28. The number of rotatable bonds is 7. The summed E-state index contributed by atoms with van der Waals surface area (Å²) >= 11 is 1.40. The van der Waals surface area contributed by atoms with Gasteiger partial charge in [-0.3, -0.25) is 0 Å². The number of aryl methyl sites for hydroxylation is 2. The number of anilines is 3. The molecule has 0 unspecified atom stereocenters. The van der Waals surface area contributed by atoms with Crippen molar-refractivity contribution < 1.29 is 0 Å². The Morgan fingerprint density at radius 2 is 2.14 bits per heavy atom. The summed E-state index contributed by atoms with van der Waals surface area (Å²) in [7, 11) is 2.14. The van der Waals surface area contributed by atoms with Crippen LogP contribution in [-0.4, -0.2) is 64.6 Å². The molecule has 2 aromatic rings. The maximum Gasteiger partial charge on any atom is 0.229 e. The molecule has 4 rings (SSSR count). The van der Waals surface area contributed by atoms with Gasteiger partial charge in [-0.15, -0.1) is 0 Å². The quantitative estimate of drug-likeness (QED) is 0.731. The van der Waals surface area contributed by atoms with E-state index in [1.807, 2.05) is 26.1 Å². The molecule has 0 aliphatic carbocycles. The van der Waals surface area contributed by atoms with E-state index in [1.54, 1.807) is 0 Å². The highest BCUT2D eigenvalue weighted by Gasteiger charge is 2.44. The van der Waals surface area contributed by atoms with Crippen molar-refractivity contribution in [1.82, 2.24) is 24.6 Å². The molecule has 0 amide bonds. The van der Waals surface area contributed by atoms with E-state index >= 15 is 0 Å². The maximum absolute atomic E-state index is 9.31. The van der Waals surface area contributed by atoms with E-state index in [9.17, 15) is 5.26 Å². The highest BCUT2D eigenvalue weighted by molar-refractivity contribution is 7.10. The molecular formula is C19H26N8S. The average molecular weight is 399 g/mol. The lowest BCUT2D eigenvalue weighted by atomic mass is 9.85. The fraction of sp³-hybridized carbons (Fsp3) is 0.579. The van der Waals surface area contributed by atoms with Crippen LogP contribution in [-0.2, 0) is 0 Å². The van der Waals surface area contributed by atoms with Crippen molar-refractivity contribution in [2.75, 3.05) is 50.0 Å². The Morgan fingerprint density at radius 3 is 2.79 bits per heavy atom. The van der Waals surface area contributed by atoms with Crippen molar-refractivity contribution in [3.63, 3.8) is 0 Å². The second-order valence-corrected chi connectivity index (χ2v) is 8.90. The van der Waals surface area contributed by atoms with Crippen LogP contribution >= 0.6 is 11.5 Å². The molecule has 0 atom stereocenters. The van der Waals surface area contributed by atoms with Gasteiger partial charge in [-0.25, -0.2) is 4.98 Å². The van der Waals surface area contributed by atoms with Gasteiger partial charge in [0.1, 0.15) is 10.8 Å². The van der Waals surface area contributed by atoms with Crippen LogP contribution in [0.5, 0.6) is 0 Å². The topological polar surface area (TPSA) is 93.0 Å². The van der Waals surface area contributed by atoms with Crippen LogP contribution in [0.25, 0.3) is 0 Å². The van der Waals surface area contributed by atoms with Crippen LogP contribution in [0.1, 0.15) is 17.7 Å². The lowest BCUT2D eigenvalue weighted by molar-refractivity contribution is 0.116. The summed E-state index contributed by atoms with van der Waals surface area (Å²) in [4.78, 5) is 13.7. The summed E-state index contributed by atoms with van der Waals surface area (Å²) in [6, 6.07) is 4.34. The van der Waals surface area contributed by atoms with Gasteiger partial charge in [-0.1, -0.05) is 0 Å². The molecule has 2 aliphatic heterocycles. The van der Waals surface area contributed by atoms with Gasteiger partial charge in [0.15, 0.2) is 0 Å². The number of nitrogens with one attached hydrogen (secondary N) is 2. The zero-order chi connectivity index (χ0) is 19.7. The van der Waals surface area contributed by atoms with E-state index in [0.29, 0.717) is 18.3 Å². The van der Waals surface area contributed by atoms with E-state index in [1.165, 1.54) is 11.5 Å². The standard InChI is InChI=1S/C19H26N8S/c1-13-7-21-18(23-16-6-14(2)25-28-16)24-17(13)27-11-19(12-27,4-5-20)22-8-15-9-26(3)10-15/h6-7,15,22H,4,8-12H2,1-3H3,(H,21,23,24). The zero-order valence-electron chi connectivity index (χ0n) is 16.6. The second kappa shape index (κ2) is 7.62. The molecule has 2 aromatic heterocycles. The van der Waals surface area contributed by atoms with Gasteiger partial charge in [-0.2, -0.15) is 14.6 Å². The SMILES string of the molecule is Cc1cc(Nc2ncc(C)c(N3CC(CC#N)(NCC4CN(C)C4)C3)n2)sn1. The van der Waals surface area contributed by atoms with E-state index < -0.39 is 0 Å². The minimum absolute atomic E-state index is 0.136. The van der Waals surface area contributed by atoms with Crippen LogP contribution < -0.4 is 15.5 Å².